The highest BCUT2D eigenvalue weighted by molar-refractivity contribution is 14.1. The fourth-order valence-corrected chi connectivity index (χ4v) is 4.12. The normalized spacial score (nSPS) is 13.9. The van der Waals surface area contributed by atoms with Gasteiger partial charge >= 0.3 is 0 Å². The van der Waals surface area contributed by atoms with Crippen molar-refractivity contribution in [3.63, 3.8) is 0 Å². The van der Waals surface area contributed by atoms with E-state index in [1.807, 2.05) is 6.07 Å². The quantitative estimate of drug-likeness (QED) is 0.506. The maximum Gasteiger partial charge on any atom is 0.253 e. The van der Waals surface area contributed by atoms with E-state index in [0.29, 0.717) is 10.7 Å². The predicted octanol–water partition coefficient (Wildman–Crippen LogP) is 3.24. The maximum atomic E-state index is 12.7. The highest BCUT2D eigenvalue weighted by Gasteiger charge is 2.28. The number of carbonyl (C=O) groups is 1. The van der Waals surface area contributed by atoms with Gasteiger partial charge in [0, 0.05) is 9.61 Å². The number of anilines is 2. The summed E-state index contributed by atoms with van der Waals surface area (Å²) in [5.74, 6) is -0.378. The lowest BCUT2D eigenvalue weighted by Gasteiger charge is -2.19. The zero-order valence-corrected chi connectivity index (χ0v) is 18.0. The van der Waals surface area contributed by atoms with E-state index < -0.39 is 10.0 Å². The smallest absolute Gasteiger partial charge is 0.253 e. The number of amides is 1. The molecule has 144 valence electrons. The summed E-state index contributed by atoms with van der Waals surface area (Å²) in [5, 5.41) is 11.6. The van der Waals surface area contributed by atoms with Crippen LogP contribution < -0.4 is 20.5 Å². The number of benzene rings is 2. The van der Waals surface area contributed by atoms with Crippen LogP contribution in [0.3, 0.4) is 0 Å². The molecular formula is C17H17ClIN3O4S. The molecule has 1 amide bonds. The van der Waals surface area contributed by atoms with E-state index in [2.05, 4.69) is 33.2 Å². The number of ether oxygens (including phenoxy) is 1. The third kappa shape index (κ3) is 4.65. The van der Waals surface area contributed by atoms with Crippen LogP contribution in [0.5, 0.6) is 5.75 Å². The number of nitrogens with two attached hydrogens (primary N) is 1. The molecule has 3 rings (SSSR count). The van der Waals surface area contributed by atoms with Crippen LogP contribution in [0.2, 0.25) is 5.02 Å². The second kappa shape index (κ2) is 7.82. The average molecular weight is 522 g/mol. The van der Waals surface area contributed by atoms with Gasteiger partial charge in [0.1, 0.15) is 4.90 Å². The largest absolute Gasteiger partial charge is 0.493 e. The number of hydrogen-bond donors (Lipinski definition) is 3. The Balaban J connectivity index is 2.14. The van der Waals surface area contributed by atoms with Crippen LogP contribution in [0, 0.1) is 3.57 Å². The van der Waals surface area contributed by atoms with Crippen LogP contribution in [0.15, 0.2) is 35.2 Å². The lowest BCUT2D eigenvalue weighted by atomic mass is 10.1. The van der Waals surface area contributed by atoms with E-state index in [1.54, 1.807) is 12.1 Å². The molecule has 0 aliphatic heterocycles. The van der Waals surface area contributed by atoms with Crippen LogP contribution in [-0.2, 0) is 10.0 Å². The molecule has 0 radical (unpaired) electrons. The summed E-state index contributed by atoms with van der Waals surface area (Å²) in [5.41, 5.74) is 0.925. The Labute approximate surface area is 175 Å². The minimum absolute atomic E-state index is 0.0458. The van der Waals surface area contributed by atoms with Crippen LogP contribution >= 0.6 is 34.2 Å². The number of carbonyl (C=O) groups excluding carboxylic acids is 1. The van der Waals surface area contributed by atoms with E-state index in [-0.39, 0.29) is 33.8 Å². The second-order valence-corrected chi connectivity index (χ2v) is 9.24. The molecule has 4 N–H and O–H groups in total. The number of primary sulfonamides is 1. The molecule has 7 nitrogen and oxygen atoms in total. The molecule has 1 aliphatic carbocycles. The van der Waals surface area contributed by atoms with Crippen molar-refractivity contribution in [3.05, 3.63) is 44.5 Å². The van der Waals surface area contributed by atoms with Gasteiger partial charge in [-0.05, 0) is 65.8 Å². The number of hydrogen-bond acceptors (Lipinski definition) is 5. The van der Waals surface area contributed by atoms with Crippen LogP contribution in [0.1, 0.15) is 23.2 Å². The molecule has 2 aromatic rings. The molecule has 0 atom stereocenters. The standard InChI is InChI=1S/C17H17ClIN3O4S/c1-26-16-14(27(20,24)25)7-5-11(17(23)21-10-3-4-10)15(16)22-13-6-2-9(19)8-12(13)18/h2,5-8,10,22H,3-4H2,1H3,(H,21,23)(H2,20,24,25). The Hall–Kier alpha value is -1.56. The molecule has 1 aliphatic rings. The Morgan fingerprint density at radius 3 is 2.56 bits per heavy atom. The molecule has 10 heteroatoms. The summed E-state index contributed by atoms with van der Waals surface area (Å²) in [6.45, 7) is 0. The zero-order chi connectivity index (χ0) is 19.8. The summed E-state index contributed by atoms with van der Waals surface area (Å²) in [6, 6.07) is 8.10. The Bertz CT molecular complexity index is 1010. The van der Waals surface area contributed by atoms with Crippen molar-refractivity contribution in [1.29, 1.82) is 0 Å². The fraction of sp³-hybridized carbons (Fsp3) is 0.235. The molecule has 0 heterocycles. The SMILES string of the molecule is COc1c(S(N)(=O)=O)ccc(C(=O)NC2CC2)c1Nc1ccc(I)cc1Cl. The summed E-state index contributed by atoms with van der Waals surface area (Å²) >= 11 is 8.40. The monoisotopic (exact) mass is 521 g/mol. The first kappa shape index (κ1) is 20.2. The number of nitrogens with one attached hydrogen (secondary N) is 2. The average Bonchev–Trinajstić information content (AvgIpc) is 3.39. The fourth-order valence-electron chi connectivity index (χ4n) is 2.52. The molecule has 27 heavy (non-hydrogen) atoms. The molecule has 0 saturated heterocycles. The number of rotatable bonds is 6. The van der Waals surface area contributed by atoms with Gasteiger partial charge in [-0.2, -0.15) is 0 Å². The van der Waals surface area contributed by atoms with Crippen LogP contribution in [-0.4, -0.2) is 27.5 Å². The first-order valence-corrected chi connectivity index (χ1v) is 11.0. The first-order valence-electron chi connectivity index (χ1n) is 7.97. The van der Waals surface area contributed by atoms with Crippen LogP contribution in [0.25, 0.3) is 0 Å². The van der Waals surface area contributed by atoms with Gasteiger partial charge in [0.05, 0.1) is 29.1 Å². The van der Waals surface area contributed by atoms with Gasteiger partial charge in [-0.25, -0.2) is 13.6 Å². The second-order valence-electron chi connectivity index (χ2n) is 6.06. The first-order chi connectivity index (χ1) is 12.7. The van der Waals surface area contributed by atoms with Gasteiger partial charge in [-0.3, -0.25) is 4.79 Å². The van der Waals surface area contributed by atoms with Crippen LogP contribution in [0.4, 0.5) is 11.4 Å². The minimum atomic E-state index is -4.06. The van der Waals surface area contributed by atoms with E-state index in [0.717, 1.165) is 16.4 Å². The van der Waals surface area contributed by atoms with Crippen molar-refractivity contribution in [2.75, 3.05) is 12.4 Å². The molecule has 0 spiro atoms. The van der Waals surface area contributed by atoms with Gasteiger partial charge < -0.3 is 15.4 Å². The van der Waals surface area contributed by atoms with Gasteiger partial charge in [-0.15, -0.1) is 0 Å². The van der Waals surface area contributed by atoms with E-state index in [9.17, 15) is 13.2 Å². The third-order valence-electron chi connectivity index (χ3n) is 3.98. The lowest BCUT2D eigenvalue weighted by Crippen LogP contribution is -2.26. The van der Waals surface area contributed by atoms with Gasteiger partial charge in [0.15, 0.2) is 5.75 Å². The molecule has 0 aromatic heterocycles. The molecule has 0 bridgehead atoms. The molecule has 1 saturated carbocycles. The Morgan fingerprint density at radius 1 is 1.30 bits per heavy atom. The molecule has 2 aromatic carbocycles. The number of methoxy groups -OCH3 is 1. The minimum Gasteiger partial charge on any atom is -0.493 e. The van der Waals surface area contributed by atoms with E-state index >= 15 is 0 Å². The van der Waals surface area contributed by atoms with Crippen molar-refractivity contribution in [3.8, 4) is 5.75 Å². The van der Waals surface area contributed by atoms with Crippen molar-refractivity contribution in [1.82, 2.24) is 5.32 Å². The van der Waals surface area contributed by atoms with Gasteiger partial charge in [-0.1, -0.05) is 11.6 Å². The molecule has 1 fully saturated rings. The maximum absolute atomic E-state index is 12.7. The molecule has 0 unspecified atom stereocenters. The molecular weight excluding hydrogens is 505 g/mol. The predicted molar refractivity (Wildman–Crippen MR) is 112 cm³/mol. The Morgan fingerprint density at radius 2 is 2.00 bits per heavy atom. The van der Waals surface area contributed by atoms with E-state index in [1.165, 1.54) is 19.2 Å². The van der Waals surface area contributed by atoms with Crippen molar-refractivity contribution in [2.24, 2.45) is 5.14 Å². The van der Waals surface area contributed by atoms with E-state index in [4.69, 9.17) is 21.5 Å². The number of sulfonamides is 1. The highest BCUT2D eigenvalue weighted by Crippen LogP contribution is 2.39. The highest BCUT2D eigenvalue weighted by atomic mass is 127. The van der Waals surface area contributed by atoms with Gasteiger partial charge in [0.2, 0.25) is 10.0 Å². The topological polar surface area (TPSA) is 111 Å². The summed E-state index contributed by atoms with van der Waals surface area (Å²) in [6.07, 6.45) is 1.84. The van der Waals surface area contributed by atoms with Crippen molar-refractivity contribution >= 4 is 61.5 Å². The summed E-state index contributed by atoms with van der Waals surface area (Å²) in [7, 11) is -2.75. The lowest BCUT2D eigenvalue weighted by molar-refractivity contribution is 0.0951. The zero-order valence-electron chi connectivity index (χ0n) is 14.3. The van der Waals surface area contributed by atoms with Crippen molar-refractivity contribution < 1.29 is 17.9 Å². The van der Waals surface area contributed by atoms with Gasteiger partial charge in [0.25, 0.3) is 5.91 Å². The summed E-state index contributed by atoms with van der Waals surface area (Å²) < 4.78 is 30.1. The van der Waals surface area contributed by atoms with Crippen molar-refractivity contribution in [2.45, 2.75) is 23.8 Å². The summed E-state index contributed by atoms with van der Waals surface area (Å²) in [4.78, 5) is 12.4. The number of halogens is 2. The third-order valence-corrected chi connectivity index (χ3v) is 5.90. The Kier molecular flexibility index (Phi) is 5.84.